The van der Waals surface area contributed by atoms with Crippen molar-refractivity contribution in [3.8, 4) is 0 Å². The molecule has 0 atom stereocenters. The van der Waals surface area contributed by atoms with Gasteiger partial charge in [-0.2, -0.15) is 0 Å². The van der Waals surface area contributed by atoms with E-state index < -0.39 is 24.7 Å². The highest BCUT2D eigenvalue weighted by molar-refractivity contribution is 6.95. The minimum atomic E-state index is -1.95. The summed E-state index contributed by atoms with van der Waals surface area (Å²) in [4.78, 5) is 11.4. The molecule has 0 aromatic rings. The zero-order valence-electron chi connectivity index (χ0n) is 13.8. The molecule has 0 unspecified atom stereocenters. The first-order valence-corrected chi connectivity index (χ1v) is 16.7. The van der Waals surface area contributed by atoms with Crippen molar-refractivity contribution in [2.75, 3.05) is 6.23 Å². The quantitative estimate of drug-likeness (QED) is 0.286. The Morgan fingerprint density at radius 2 is 1.26 bits per heavy atom. The summed E-state index contributed by atoms with van der Waals surface area (Å²) in [6.45, 7) is 21.2. The molecule has 0 aliphatic heterocycles. The van der Waals surface area contributed by atoms with Crippen molar-refractivity contribution in [1.29, 1.82) is 0 Å². The lowest BCUT2D eigenvalue weighted by atomic mass is 10.4. The standard InChI is InChI=1S/C13H30O3Si3.4CH4/c1-12(2)13(14)15-10-18(6,7)16-19(8,9)11-17(3,4)5;;;;/h1,10-11H2,2-9H3;4*1H4. The molecule has 23 heavy (non-hydrogen) atoms. The Bertz CT molecular complexity index is 345. The number of hydrogen-bond acceptors (Lipinski definition) is 3. The first kappa shape index (κ1) is 34.2. The van der Waals surface area contributed by atoms with Crippen LogP contribution in [0.2, 0.25) is 51.5 Å². The summed E-state index contributed by atoms with van der Waals surface area (Å²) in [5.41, 5.74) is 1.69. The molecule has 0 aromatic heterocycles. The van der Waals surface area contributed by atoms with E-state index in [0.29, 0.717) is 11.8 Å². The first-order chi connectivity index (χ1) is 8.24. The highest BCUT2D eigenvalue weighted by Gasteiger charge is 2.37. The van der Waals surface area contributed by atoms with E-state index in [2.05, 4.69) is 52.4 Å². The maximum atomic E-state index is 11.4. The van der Waals surface area contributed by atoms with Crippen molar-refractivity contribution in [3.63, 3.8) is 0 Å². The molecule has 0 saturated carbocycles. The highest BCUT2D eigenvalue weighted by atomic mass is 28.4. The third-order valence-electron chi connectivity index (χ3n) is 2.41. The van der Waals surface area contributed by atoms with Crippen LogP contribution in [0, 0.1) is 0 Å². The van der Waals surface area contributed by atoms with Gasteiger partial charge in [-0.1, -0.05) is 55.9 Å². The van der Waals surface area contributed by atoms with Crippen LogP contribution in [-0.4, -0.2) is 36.9 Å². The van der Waals surface area contributed by atoms with Gasteiger partial charge >= 0.3 is 5.97 Å². The zero-order chi connectivity index (χ0) is 15.5. The molecule has 0 saturated heterocycles. The Hall–Kier alpha value is -0.179. The van der Waals surface area contributed by atoms with Gasteiger partial charge in [0.2, 0.25) is 8.32 Å². The van der Waals surface area contributed by atoms with E-state index in [0.717, 1.165) is 0 Å². The molecule has 0 radical (unpaired) electrons. The summed E-state index contributed by atoms with van der Waals surface area (Å²) in [5.74, 6) is -0.311. The van der Waals surface area contributed by atoms with Crippen molar-refractivity contribution in [2.24, 2.45) is 0 Å². The molecule has 0 bridgehead atoms. The summed E-state index contributed by atoms with van der Waals surface area (Å²) in [6, 6.07) is 0. The van der Waals surface area contributed by atoms with E-state index in [1.54, 1.807) is 6.92 Å². The van der Waals surface area contributed by atoms with Crippen molar-refractivity contribution < 1.29 is 13.6 Å². The van der Waals surface area contributed by atoms with Crippen LogP contribution in [0.3, 0.4) is 0 Å². The van der Waals surface area contributed by atoms with Crippen molar-refractivity contribution in [3.05, 3.63) is 12.2 Å². The number of hydrogen-bond donors (Lipinski definition) is 0. The predicted molar refractivity (Wildman–Crippen MR) is 117 cm³/mol. The second kappa shape index (κ2) is 12.2. The van der Waals surface area contributed by atoms with Gasteiger partial charge in [-0.25, -0.2) is 4.79 Å². The molecule has 0 N–H and O–H groups in total. The lowest BCUT2D eigenvalue weighted by Gasteiger charge is -2.36. The second-order valence-electron chi connectivity index (χ2n) is 7.72. The summed E-state index contributed by atoms with van der Waals surface area (Å²) < 4.78 is 11.7. The van der Waals surface area contributed by atoms with Gasteiger partial charge in [-0.3, -0.25) is 0 Å². The largest absolute Gasteiger partial charge is 0.463 e. The van der Waals surface area contributed by atoms with Gasteiger partial charge in [-0.15, -0.1) is 0 Å². The van der Waals surface area contributed by atoms with E-state index in [-0.39, 0.29) is 35.7 Å². The molecule has 0 aromatic carbocycles. The van der Waals surface area contributed by atoms with Gasteiger partial charge in [0.05, 0.1) is 0 Å². The van der Waals surface area contributed by atoms with Crippen molar-refractivity contribution in [2.45, 2.75) is 88.1 Å². The molecule has 0 aliphatic rings. The zero-order valence-corrected chi connectivity index (χ0v) is 16.8. The minimum absolute atomic E-state index is 0. The van der Waals surface area contributed by atoms with Crippen molar-refractivity contribution >= 4 is 30.7 Å². The fourth-order valence-corrected chi connectivity index (χ4v) is 20.3. The Morgan fingerprint density at radius 3 is 1.57 bits per heavy atom. The van der Waals surface area contributed by atoms with Crippen molar-refractivity contribution in [1.82, 2.24) is 0 Å². The molecule has 0 heterocycles. The normalized spacial score (nSPS) is 11.0. The van der Waals surface area contributed by atoms with Gasteiger partial charge in [-0.05, 0) is 38.8 Å². The topological polar surface area (TPSA) is 35.5 Å². The molecular weight excluding hydrogens is 336 g/mol. The van der Waals surface area contributed by atoms with Gasteiger partial charge in [0, 0.05) is 13.6 Å². The summed E-state index contributed by atoms with van der Waals surface area (Å²) in [6.07, 6.45) is 0.417. The third kappa shape index (κ3) is 18.0. The molecule has 144 valence electrons. The van der Waals surface area contributed by atoms with Crippen LogP contribution in [0.1, 0.15) is 36.6 Å². The molecule has 0 rings (SSSR count). The van der Waals surface area contributed by atoms with Gasteiger partial charge in [0.15, 0.2) is 8.32 Å². The molecule has 0 amide bonds. The summed E-state index contributed by atoms with van der Waals surface area (Å²) in [7, 11) is -4.73. The maximum Gasteiger partial charge on any atom is 0.332 e. The lowest BCUT2D eigenvalue weighted by Crippen LogP contribution is -2.51. The van der Waals surface area contributed by atoms with Crippen LogP contribution in [0.15, 0.2) is 12.2 Å². The minimum Gasteiger partial charge on any atom is -0.463 e. The second-order valence-corrected chi connectivity index (χ2v) is 22.4. The smallest absolute Gasteiger partial charge is 0.332 e. The van der Waals surface area contributed by atoms with E-state index in [4.69, 9.17) is 8.85 Å². The van der Waals surface area contributed by atoms with E-state index in [1.807, 2.05) is 0 Å². The Balaban J connectivity index is -0.000000270. The van der Waals surface area contributed by atoms with Crippen LogP contribution in [0.4, 0.5) is 0 Å². The average molecular weight is 383 g/mol. The SMILES string of the molecule is C.C.C.C.C=C(C)C(=O)OC[Si](C)(C)O[Si](C)(C)C[Si](C)(C)C. The molecular formula is C17H46O3Si3. The maximum absolute atomic E-state index is 11.4. The number of ether oxygens (including phenoxy) is 1. The van der Waals surface area contributed by atoms with Gasteiger partial charge in [0.1, 0.15) is 6.23 Å². The van der Waals surface area contributed by atoms with Gasteiger partial charge < -0.3 is 8.85 Å². The number of carbonyl (C=O) groups is 1. The average Bonchev–Trinajstić information content (AvgIpc) is 2.07. The lowest BCUT2D eigenvalue weighted by molar-refractivity contribution is -0.137. The third-order valence-corrected chi connectivity index (χ3v) is 15.3. The van der Waals surface area contributed by atoms with E-state index in [1.165, 1.54) is 5.67 Å². The number of esters is 1. The summed E-state index contributed by atoms with van der Waals surface area (Å²) >= 11 is 0. The van der Waals surface area contributed by atoms with E-state index >= 15 is 0 Å². The summed E-state index contributed by atoms with van der Waals surface area (Å²) in [5, 5.41) is 0. The fourth-order valence-electron chi connectivity index (χ4n) is 2.45. The number of carbonyl (C=O) groups excluding carboxylic acids is 1. The molecule has 0 fully saturated rings. The fraction of sp³-hybridized carbons (Fsp3) is 0.824. The Kier molecular flexibility index (Phi) is 18.2. The monoisotopic (exact) mass is 382 g/mol. The Labute approximate surface area is 151 Å². The molecule has 0 spiro atoms. The number of rotatable bonds is 7. The van der Waals surface area contributed by atoms with Crippen LogP contribution in [0.25, 0.3) is 0 Å². The van der Waals surface area contributed by atoms with Gasteiger partial charge in [0.25, 0.3) is 0 Å². The molecule has 0 aliphatic carbocycles. The molecule has 6 heteroatoms. The van der Waals surface area contributed by atoms with E-state index in [9.17, 15) is 4.79 Å². The highest BCUT2D eigenvalue weighted by Crippen LogP contribution is 2.24. The molecule has 3 nitrogen and oxygen atoms in total. The first-order valence-electron chi connectivity index (χ1n) is 6.77. The van der Waals surface area contributed by atoms with Crippen LogP contribution >= 0.6 is 0 Å². The van der Waals surface area contributed by atoms with Crippen LogP contribution < -0.4 is 0 Å². The predicted octanol–water partition coefficient (Wildman–Crippen LogP) is 6.49. The Morgan fingerprint density at radius 1 is 0.870 bits per heavy atom. The van der Waals surface area contributed by atoms with Crippen LogP contribution in [-0.2, 0) is 13.6 Å². The van der Waals surface area contributed by atoms with Crippen LogP contribution in [0.5, 0.6) is 0 Å².